The standard InChI is InChI=1S/C62H88NO11P/c1-10-27-62(67)29-26-51-48-20-16-42-34-45(64)19-21-47(42)57(48)49(38-60(51,62)6)41-14-17-44(18-15-41)63(8)30-33-70-46-25-28-59(5)43(35-46)36-54(71-39-74-75(68,72-31-11-2)73-32-12-3)58-52-23-22-50(40(4)13-24-56(66)69-9)61(52,7)55(65)37-53(58)59/h11-12,14-15,17-18,34,40,43,46,48-55,58,65,67H,2-3,13,16,19-26,28-33,35-39H2,1,4-9H3/t40-,43+,46+,48?,49-,50-,51?,52+,53+,54-,55+,58+,59+,60+,61-,62+/m1/s1. The summed E-state index contributed by atoms with van der Waals surface area (Å²) in [6.45, 7) is 19.5. The topological polar surface area (TPSA) is 150 Å². The van der Waals surface area contributed by atoms with Crippen LogP contribution in [0.5, 0.6) is 0 Å². The van der Waals surface area contributed by atoms with Gasteiger partial charge in [0.25, 0.3) is 0 Å². The number of carbonyl (C=O) groups is 2. The number of carbonyl (C=O) groups excluding carboxylic acids is 2. The van der Waals surface area contributed by atoms with Crippen LogP contribution in [0.4, 0.5) is 5.69 Å². The highest BCUT2D eigenvalue weighted by Gasteiger charge is 2.67. The van der Waals surface area contributed by atoms with Crippen molar-refractivity contribution in [2.24, 2.45) is 63.6 Å². The number of phosphoric acid groups is 1. The maximum atomic E-state index is 13.6. The second-order valence-corrected chi connectivity index (χ2v) is 26.4. The first-order chi connectivity index (χ1) is 35.9. The number of benzene rings is 1. The van der Waals surface area contributed by atoms with Crippen molar-refractivity contribution in [1.29, 1.82) is 0 Å². The van der Waals surface area contributed by atoms with E-state index in [0.717, 1.165) is 89.3 Å². The van der Waals surface area contributed by atoms with Gasteiger partial charge in [0.05, 0.1) is 45.2 Å². The number of phosphoric ester groups is 1. The van der Waals surface area contributed by atoms with Gasteiger partial charge in [-0.2, -0.15) is 0 Å². The molecule has 8 aliphatic carbocycles. The van der Waals surface area contributed by atoms with Crippen molar-refractivity contribution in [2.75, 3.05) is 52.2 Å². The van der Waals surface area contributed by atoms with Gasteiger partial charge < -0.3 is 29.3 Å². The molecule has 12 nitrogen and oxygen atoms in total. The third kappa shape index (κ3) is 10.5. The van der Waals surface area contributed by atoms with Crippen LogP contribution in [-0.4, -0.2) is 93.2 Å². The molecule has 0 bridgehead atoms. The van der Waals surface area contributed by atoms with E-state index in [4.69, 9.17) is 27.8 Å². The number of aliphatic hydroxyl groups is 2. The lowest BCUT2D eigenvalue weighted by Gasteiger charge is -2.64. The summed E-state index contributed by atoms with van der Waals surface area (Å²) in [5.74, 6) is 8.61. The summed E-state index contributed by atoms with van der Waals surface area (Å²) in [5, 5.41) is 24.6. The number of esters is 1. The van der Waals surface area contributed by atoms with Gasteiger partial charge in [0.1, 0.15) is 5.60 Å². The monoisotopic (exact) mass is 1050 g/mol. The zero-order chi connectivity index (χ0) is 53.5. The first-order valence-corrected chi connectivity index (χ1v) is 30.0. The molecule has 1 aromatic carbocycles. The second-order valence-electron chi connectivity index (χ2n) is 24.7. The molecule has 2 unspecified atom stereocenters. The van der Waals surface area contributed by atoms with Crippen LogP contribution in [-0.2, 0) is 41.9 Å². The molecule has 0 aliphatic heterocycles. The van der Waals surface area contributed by atoms with Crippen LogP contribution in [0, 0.1) is 75.4 Å². The molecule has 0 aromatic heterocycles. The van der Waals surface area contributed by atoms with Gasteiger partial charge >= 0.3 is 13.8 Å². The van der Waals surface area contributed by atoms with Crippen LogP contribution in [0.1, 0.15) is 149 Å². The van der Waals surface area contributed by atoms with Gasteiger partial charge in [0, 0.05) is 43.5 Å². The molecule has 2 N–H and O–H groups in total. The molecule has 0 radical (unpaired) electrons. The van der Waals surface area contributed by atoms with Crippen molar-refractivity contribution in [3.05, 3.63) is 77.9 Å². The number of allylic oxidation sites excluding steroid dienone is 4. The molecule has 6 saturated carbocycles. The molecular formula is C62H88NO11P. The third-order valence-corrected chi connectivity index (χ3v) is 22.8. The van der Waals surface area contributed by atoms with E-state index in [0.29, 0.717) is 44.1 Å². The minimum atomic E-state index is -3.97. The van der Waals surface area contributed by atoms with Gasteiger partial charge in [-0.05, 0) is 190 Å². The highest BCUT2D eigenvalue weighted by molar-refractivity contribution is 7.48. The lowest BCUT2D eigenvalue weighted by Crippen LogP contribution is -2.63. The van der Waals surface area contributed by atoms with E-state index in [2.05, 4.69) is 88.9 Å². The zero-order valence-corrected chi connectivity index (χ0v) is 47.1. The Morgan fingerprint density at radius 3 is 2.39 bits per heavy atom. The summed E-state index contributed by atoms with van der Waals surface area (Å²) < 4.78 is 49.1. The fraction of sp³-hybridized carbons (Fsp3) is 0.710. The summed E-state index contributed by atoms with van der Waals surface area (Å²) in [7, 11) is -0.398. The Labute approximate surface area is 448 Å². The SMILES string of the molecule is C=CCOP(=O)(OCC=C)OCO[C@@H]1C[C@@H]2C[C@@H](OCCN(C)c3ccc([C@H]4C[C@@]5(C)C(CC[C@@]5(O)C#CC)C5CCC6=CC(=O)CCC6=C54)cc3)CC[C@]2(C)[C@H]2C[C@H](O)[C@]3(C)[C@@H]([C@H](C)CCC(=O)OC)CC[C@H]3[C@H]12. The quantitative estimate of drug-likeness (QED) is 0.0421. The van der Waals surface area contributed by atoms with E-state index in [-0.39, 0.29) is 102 Å². The molecule has 0 saturated heterocycles. The summed E-state index contributed by atoms with van der Waals surface area (Å²) in [6.07, 6.45) is 17.5. The first-order valence-electron chi connectivity index (χ1n) is 28.5. The highest BCUT2D eigenvalue weighted by Crippen LogP contribution is 2.70. The fourth-order valence-corrected chi connectivity index (χ4v) is 18.5. The first kappa shape index (κ1) is 56.4. The second kappa shape index (κ2) is 22.8. The van der Waals surface area contributed by atoms with Crippen LogP contribution in [0.15, 0.2) is 72.4 Å². The van der Waals surface area contributed by atoms with Crippen molar-refractivity contribution in [3.63, 3.8) is 0 Å². The van der Waals surface area contributed by atoms with Crippen molar-refractivity contribution >= 4 is 25.3 Å². The molecule has 13 heteroatoms. The number of hydrogen-bond acceptors (Lipinski definition) is 12. The Bertz CT molecular complexity index is 2440. The van der Waals surface area contributed by atoms with Crippen LogP contribution >= 0.6 is 7.82 Å². The number of rotatable bonds is 20. The average Bonchev–Trinajstić information content (AvgIpc) is 3.89. The Morgan fingerprint density at radius 1 is 0.933 bits per heavy atom. The number of nitrogens with zero attached hydrogens (tertiary/aromatic N) is 1. The Kier molecular flexibility index (Phi) is 17.1. The molecular weight excluding hydrogens is 966 g/mol. The number of hydrogen-bond donors (Lipinski definition) is 2. The predicted molar refractivity (Wildman–Crippen MR) is 291 cm³/mol. The molecule has 0 heterocycles. The van der Waals surface area contributed by atoms with E-state index >= 15 is 0 Å². The number of methoxy groups -OCH3 is 1. The minimum absolute atomic E-state index is 0.00689. The summed E-state index contributed by atoms with van der Waals surface area (Å²) >= 11 is 0. The van der Waals surface area contributed by atoms with E-state index in [1.165, 1.54) is 41.5 Å². The summed E-state index contributed by atoms with van der Waals surface area (Å²) in [5.41, 5.74) is 4.84. The number of anilines is 1. The molecule has 16 atom stereocenters. The number of ether oxygens (including phenoxy) is 3. The Morgan fingerprint density at radius 2 is 1.68 bits per heavy atom. The summed E-state index contributed by atoms with van der Waals surface area (Å²) in [6, 6.07) is 9.07. The third-order valence-electron chi connectivity index (χ3n) is 21.4. The predicted octanol–water partition coefficient (Wildman–Crippen LogP) is 11.9. The van der Waals surface area contributed by atoms with Gasteiger partial charge in [0.15, 0.2) is 12.6 Å². The van der Waals surface area contributed by atoms with E-state index in [1.807, 2.05) is 13.0 Å². The van der Waals surface area contributed by atoms with Gasteiger partial charge in [-0.25, -0.2) is 4.57 Å². The molecule has 0 spiro atoms. The fourth-order valence-electron chi connectivity index (χ4n) is 17.5. The number of aliphatic hydroxyl groups excluding tert-OH is 1. The normalized spacial score (nSPS) is 38.3. The average molecular weight is 1050 g/mol. The van der Waals surface area contributed by atoms with Crippen LogP contribution < -0.4 is 4.90 Å². The van der Waals surface area contributed by atoms with E-state index in [1.54, 1.807) is 0 Å². The molecule has 0 amide bonds. The highest BCUT2D eigenvalue weighted by atomic mass is 31.2. The van der Waals surface area contributed by atoms with Crippen LogP contribution in [0.25, 0.3) is 0 Å². The largest absolute Gasteiger partial charge is 0.477 e. The van der Waals surface area contributed by atoms with Gasteiger partial charge in [0.2, 0.25) is 0 Å². The Hall–Kier alpha value is -3.37. The molecule has 412 valence electrons. The maximum absolute atomic E-state index is 13.6. The number of fused-ring (bicyclic) bond motifs is 9. The van der Waals surface area contributed by atoms with Crippen molar-refractivity contribution < 1.29 is 52.1 Å². The van der Waals surface area contributed by atoms with Crippen LogP contribution in [0.3, 0.4) is 0 Å². The lowest BCUT2D eigenvalue weighted by molar-refractivity contribution is -0.228. The molecule has 8 aliphatic rings. The van der Waals surface area contributed by atoms with Crippen LogP contribution in [0.2, 0.25) is 0 Å². The maximum Gasteiger partial charge on any atom is 0.477 e. The zero-order valence-electron chi connectivity index (χ0n) is 46.2. The molecule has 75 heavy (non-hydrogen) atoms. The number of likely N-dealkylation sites (N-methyl/N-ethyl adjacent to an activating group) is 1. The molecule has 6 fully saturated rings. The van der Waals surface area contributed by atoms with Crippen molar-refractivity contribution in [3.8, 4) is 11.8 Å². The van der Waals surface area contributed by atoms with E-state index < -0.39 is 19.5 Å². The van der Waals surface area contributed by atoms with Gasteiger partial charge in [-0.1, -0.05) is 63.5 Å². The molecule has 9 rings (SSSR count). The van der Waals surface area contributed by atoms with E-state index in [9.17, 15) is 24.4 Å². The summed E-state index contributed by atoms with van der Waals surface area (Å²) in [4.78, 5) is 27.1. The molecule has 1 aromatic rings. The van der Waals surface area contributed by atoms with Crippen molar-refractivity contribution in [2.45, 2.75) is 167 Å². The van der Waals surface area contributed by atoms with Crippen molar-refractivity contribution in [1.82, 2.24) is 0 Å². The smallest absolute Gasteiger partial charge is 0.469 e. The van der Waals surface area contributed by atoms with Gasteiger partial charge in [-0.3, -0.25) is 23.2 Å². The lowest BCUT2D eigenvalue weighted by atomic mass is 9.43. The van der Waals surface area contributed by atoms with Gasteiger partial charge in [-0.15, -0.1) is 19.1 Å². The minimum Gasteiger partial charge on any atom is -0.469 e. The number of ketones is 1. The Balaban J connectivity index is 0.882.